The molecule has 0 amide bonds. The maximum Gasteiger partial charge on any atom is 0.416 e. The first-order valence-corrected chi connectivity index (χ1v) is 7.06. The molecule has 20 heavy (non-hydrogen) atoms. The van der Waals surface area contributed by atoms with Crippen molar-refractivity contribution in [2.45, 2.75) is 32.6 Å². The number of nitrogens with one attached hydrogen (secondary N) is 1. The van der Waals surface area contributed by atoms with E-state index in [0.717, 1.165) is 16.8 Å². The van der Waals surface area contributed by atoms with Crippen LogP contribution in [0.1, 0.15) is 34.8 Å². The Morgan fingerprint density at radius 1 is 1.30 bits per heavy atom. The number of alkyl halides is 3. The van der Waals surface area contributed by atoms with Crippen LogP contribution < -0.4 is 5.32 Å². The summed E-state index contributed by atoms with van der Waals surface area (Å²) in [5, 5.41) is 5.95. The minimum atomic E-state index is -4.32. The fourth-order valence-corrected chi connectivity index (χ4v) is 2.60. The largest absolute Gasteiger partial charge is 0.416 e. The zero-order valence-electron chi connectivity index (χ0n) is 11.2. The molecule has 0 spiro atoms. The molecule has 0 saturated heterocycles. The van der Waals surface area contributed by atoms with Gasteiger partial charge in [-0.05, 0) is 25.5 Å². The average Bonchev–Trinajstić information content (AvgIpc) is 2.82. The fraction of sp³-hybridized carbons (Fsp3) is 0.357. The molecule has 2 aromatic rings. The van der Waals surface area contributed by atoms with Crippen LogP contribution in [0.15, 0.2) is 29.6 Å². The van der Waals surface area contributed by atoms with Crippen LogP contribution in [0, 0.1) is 6.92 Å². The molecule has 1 heterocycles. The van der Waals surface area contributed by atoms with Crippen molar-refractivity contribution in [1.82, 2.24) is 10.3 Å². The molecule has 1 atom stereocenters. The molecule has 0 aliphatic rings. The third-order valence-corrected chi connectivity index (χ3v) is 3.79. The molecule has 1 aromatic carbocycles. The van der Waals surface area contributed by atoms with Crippen LogP contribution >= 0.6 is 11.3 Å². The van der Waals surface area contributed by atoms with Crippen molar-refractivity contribution >= 4 is 11.3 Å². The first kappa shape index (κ1) is 15.0. The third-order valence-electron chi connectivity index (χ3n) is 3.00. The van der Waals surface area contributed by atoms with E-state index in [0.29, 0.717) is 0 Å². The topological polar surface area (TPSA) is 24.9 Å². The van der Waals surface area contributed by atoms with Gasteiger partial charge in [-0.25, -0.2) is 4.98 Å². The highest BCUT2D eigenvalue weighted by molar-refractivity contribution is 7.09. The van der Waals surface area contributed by atoms with E-state index in [4.69, 9.17) is 0 Å². The molecular formula is C14H15F3N2S. The number of halogens is 3. The van der Waals surface area contributed by atoms with Gasteiger partial charge in [0.1, 0.15) is 0 Å². The summed E-state index contributed by atoms with van der Waals surface area (Å²) in [4.78, 5) is 4.33. The lowest BCUT2D eigenvalue weighted by Gasteiger charge is -2.16. The van der Waals surface area contributed by atoms with Crippen molar-refractivity contribution < 1.29 is 13.2 Å². The first-order valence-electron chi connectivity index (χ1n) is 6.18. The quantitative estimate of drug-likeness (QED) is 0.909. The van der Waals surface area contributed by atoms with Crippen molar-refractivity contribution in [2.75, 3.05) is 0 Å². The predicted octanol–water partition coefficient (Wildman–Crippen LogP) is 4.32. The van der Waals surface area contributed by atoms with Gasteiger partial charge in [0.25, 0.3) is 0 Å². The van der Waals surface area contributed by atoms with Crippen molar-refractivity contribution in [1.29, 1.82) is 0 Å². The smallest absolute Gasteiger partial charge is 0.305 e. The van der Waals surface area contributed by atoms with Gasteiger partial charge in [-0.3, -0.25) is 0 Å². The molecule has 1 N–H and O–H groups in total. The van der Waals surface area contributed by atoms with E-state index < -0.39 is 11.7 Å². The number of benzene rings is 1. The summed E-state index contributed by atoms with van der Waals surface area (Å²) >= 11 is 1.53. The maximum absolute atomic E-state index is 12.9. The second-order valence-electron chi connectivity index (χ2n) is 4.55. The molecule has 2 rings (SSSR count). The van der Waals surface area contributed by atoms with Gasteiger partial charge in [0.05, 0.1) is 16.3 Å². The number of thiazole rings is 1. The van der Waals surface area contributed by atoms with E-state index in [1.165, 1.54) is 23.5 Å². The number of aromatic nitrogens is 1. The highest BCUT2D eigenvalue weighted by atomic mass is 32.1. The maximum atomic E-state index is 12.9. The van der Waals surface area contributed by atoms with Crippen LogP contribution in [0.2, 0.25) is 0 Å². The predicted molar refractivity (Wildman–Crippen MR) is 73.5 cm³/mol. The van der Waals surface area contributed by atoms with E-state index >= 15 is 0 Å². The summed E-state index contributed by atoms with van der Waals surface area (Å²) in [6.45, 7) is 3.96. The Hall–Kier alpha value is -1.40. The number of hydrogen-bond acceptors (Lipinski definition) is 3. The van der Waals surface area contributed by atoms with Crippen molar-refractivity contribution in [3.63, 3.8) is 0 Å². The van der Waals surface area contributed by atoms with Gasteiger partial charge in [0.2, 0.25) is 0 Å². The van der Waals surface area contributed by atoms with E-state index in [2.05, 4.69) is 10.3 Å². The first-order chi connectivity index (χ1) is 9.38. The lowest BCUT2D eigenvalue weighted by Crippen LogP contribution is -2.21. The van der Waals surface area contributed by atoms with E-state index in [1.807, 2.05) is 19.2 Å². The second kappa shape index (κ2) is 5.93. The molecular weight excluding hydrogens is 285 g/mol. The van der Waals surface area contributed by atoms with E-state index in [1.54, 1.807) is 6.07 Å². The molecule has 108 valence electrons. The van der Waals surface area contributed by atoms with Crippen LogP contribution in [0.25, 0.3) is 0 Å². The summed E-state index contributed by atoms with van der Waals surface area (Å²) in [6.07, 6.45) is -4.32. The lowest BCUT2D eigenvalue weighted by atomic mass is 10.1. The fourth-order valence-electron chi connectivity index (χ4n) is 1.90. The third kappa shape index (κ3) is 3.58. The molecule has 6 heteroatoms. The van der Waals surface area contributed by atoms with Gasteiger partial charge in [-0.1, -0.05) is 18.2 Å². The molecule has 0 bridgehead atoms. The Bertz CT molecular complexity index is 578. The zero-order chi connectivity index (χ0) is 14.8. The summed E-state index contributed by atoms with van der Waals surface area (Å²) in [7, 11) is 0. The van der Waals surface area contributed by atoms with Crippen LogP contribution in [-0.2, 0) is 12.7 Å². The normalized spacial score (nSPS) is 13.4. The van der Waals surface area contributed by atoms with Crippen molar-refractivity contribution in [3.05, 3.63) is 51.5 Å². The number of nitrogens with zero attached hydrogens (tertiary/aromatic N) is 1. The van der Waals surface area contributed by atoms with E-state index in [9.17, 15) is 13.2 Å². The molecule has 0 fully saturated rings. The zero-order valence-corrected chi connectivity index (χ0v) is 12.0. The van der Waals surface area contributed by atoms with Crippen molar-refractivity contribution in [3.8, 4) is 0 Å². The SMILES string of the molecule is Cc1nc(C(C)NCc2ccccc2C(F)(F)F)cs1. The number of aryl methyl sites for hydroxylation is 1. The Balaban J connectivity index is 2.08. The molecule has 1 aromatic heterocycles. The molecule has 0 radical (unpaired) electrons. The molecule has 0 aliphatic heterocycles. The number of rotatable bonds is 4. The highest BCUT2D eigenvalue weighted by Crippen LogP contribution is 2.32. The highest BCUT2D eigenvalue weighted by Gasteiger charge is 2.32. The van der Waals surface area contributed by atoms with Gasteiger partial charge in [0, 0.05) is 18.0 Å². The molecule has 1 unspecified atom stereocenters. The van der Waals surface area contributed by atoms with Gasteiger partial charge in [0.15, 0.2) is 0 Å². The summed E-state index contributed by atoms with van der Waals surface area (Å²) in [6, 6.07) is 5.54. The Morgan fingerprint density at radius 2 is 2.00 bits per heavy atom. The minimum absolute atomic E-state index is 0.0822. The average molecular weight is 300 g/mol. The van der Waals surface area contributed by atoms with Crippen LogP contribution in [0.4, 0.5) is 13.2 Å². The van der Waals surface area contributed by atoms with Gasteiger partial charge in [-0.2, -0.15) is 13.2 Å². The Morgan fingerprint density at radius 3 is 2.60 bits per heavy atom. The number of hydrogen-bond donors (Lipinski definition) is 1. The summed E-state index contributed by atoms with van der Waals surface area (Å²) in [5.41, 5.74) is 0.518. The monoisotopic (exact) mass is 300 g/mol. The summed E-state index contributed by atoms with van der Waals surface area (Å²) < 4.78 is 38.6. The molecule has 2 nitrogen and oxygen atoms in total. The summed E-state index contributed by atoms with van der Waals surface area (Å²) in [5.74, 6) is 0. The Kier molecular flexibility index (Phi) is 4.45. The van der Waals surface area contributed by atoms with Crippen LogP contribution in [-0.4, -0.2) is 4.98 Å². The van der Waals surface area contributed by atoms with Gasteiger partial charge < -0.3 is 5.32 Å². The second-order valence-corrected chi connectivity index (χ2v) is 5.61. The van der Waals surface area contributed by atoms with Crippen LogP contribution in [0.5, 0.6) is 0 Å². The van der Waals surface area contributed by atoms with Gasteiger partial charge >= 0.3 is 6.18 Å². The van der Waals surface area contributed by atoms with Crippen LogP contribution in [0.3, 0.4) is 0 Å². The molecule has 0 saturated carbocycles. The van der Waals surface area contributed by atoms with Gasteiger partial charge in [-0.15, -0.1) is 11.3 Å². The standard InChI is InChI=1S/C14H15F3N2S/c1-9(13-8-20-10(2)19-13)18-7-11-5-3-4-6-12(11)14(15,16)17/h3-6,8-9,18H,7H2,1-2H3. The minimum Gasteiger partial charge on any atom is -0.305 e. The lowest BCUT2D eigenvalue weighted by molar-refractivity contribution is -0.138. The Labute approximate surface area is 119 Å². The van der Waals surface area contributed by atoms with Crippen molar-refractivity contribution in [2.24, 2.45) is 0 Å². The molecule has 0 aliphatic carbocycles. The van der Waals surface area contributed by atoms with E-state index in [-0.39, 0.29) is 18.2 Å².